The molecule has 0 atom stereocenters. The van der Waals surface area contributed by atoms with Gasteiger partial charge in [0.05, 0.1) is 11.2 Å². The third-order valence-electron chi connectivity index (χ3n) is 2.46. The molecule has 102 valence electrons. The van der Waals surface area contributed by atoms with Crippen molar-refractivity contribution in [3.05, 3.63) is 63.1 Å². The van der Waals surface area contributed by atoms with Crippen LogP contribution in [0.2, 0.25) is 5.02 Å². The molecule has 20 heavy (non-hydrogen) atoms. The van der Waals surface area contributed by atoms with Gasteiger partial charge >= 0.3 is 0 Å². The van der Waals surface area contributed by atoms with Crippen LogP contribution in [0.25, 0.3) is 0 Å². The van der Waals surface area contributed by atoms with Crippen LogP contribution in [-0.2, 0) is 0 Å². The number of rotatable bonds is 3. The summed E-state index contributed by atoms with van der Waals surface area (Å²) in [5, 5.41) is 13.2. The zero-order valence-electron chi connectivity index (χ0n) is 10.2. The number of hydrazone groups is 1. The number of carbonyl (C=O) groups is 1. The maximum Gasteiger partial charge on any atom is 0.271 e. The Morgan fingerprint density at radius 3 is 2.60 bits per heavy atom. The Bertz CT molecular complexity index is 657. The molecule has 0 aromatic heterocycles. The van der Waals surface area contributed by atoms with E-state index in [0.717, 1.165) is 10.0 Å². The number of hydrogen-bond donors (Lipinski definition) is 2. The van der Waals surface area contributed by atoms with Gasteiger partial charge in [-0.2, -0.15) is 5.10 Å². The van der Waals surface area contributed by atoms with E-state index in [1.54, 1.807) is 0 Å². The molecule has 2 aromatic carbocycles. The average molecular weight is 354 g/mol. The number of phenolic OH excluding ortho intramolecular Hbond substituents is 1. The van der Waals surface area contributed by atoms with Crippen molar-refractivity contribution in [2.75, 3.05) is 0 Å². The van der Waals surface area contributed by atoms with Gasteiger partial charge in [0, 0.05) is 10.0 Å². The molecule has 0 aliphatic carbocycles. The van der Waals surface area contributed by atoms with E-state index in [1.807, 2.05) is 24.3 Å². The van der Waals surface area contributed by atoms with Crippen molar-refractivity contribution in [3.63, 3.8) is 0 Å². The maximum atomic E-state index is 11.8. The molecule has 0 saturated heterocycles. The standard InChI is InChI=1S/C14H10BrClN2O2/c15-11-4-1-9(2-5-11)8-17-18-14(20)10-3-6-13(19)12(16)7-10/h1-8,19H,(H,18,20)/b17-8+. The topological polar surface area (TPSA) is 61.7 Å². The lowest BCUT2D eigenvalue weighted by molar-refractivity contribution is 0.0955. The van der Waals surface area contributed by atoms with E-state index in [4.69, 9.17) is 11.6 Å². The van der Waals surface area contributed by atoms with Gasteiger partial charge in [-0.15, -0.1) is 0 Å². The van der Waals surface area contributed by atoms with E-state index in [9.17, 15) is 9.90 Å². The highest BCUT2D eigenvalue weighted by atomic mass is 79.9. The largest absolute Gasteiger partial charge is 0.506 e. The molecule has 0 fully saturated rings. The summed E-state index contributed by atoms with van der Waals surface area (Å²) in [4.78, 5) is 11.8. The Balaban J connectivity index is 2.01. The number of amides is 1. The molecule has 4 nitrogen and oxygen atoms in total. The van der Waals surface area contributed by atoms with E-state index in [0.29, 0.717) is 5.56 Å². The minimum Gasteiger partial charge on any atom is -0.506 e. The van der Waals surface area contributed by atoms with Crippen LogP contribution in [0.5, 0.6) is 5.75 Å². The van der Waals surface area contributed by atoms with Crippen LogP contribution in [0, 0.1) is 0 Å². The Hall–Kier alpha value is -1.85. The van der Waals surface area contributed by atoms with Gasteiger partial charge in [0.25, 0.3) is 5.91 Å². The molecule has 0 aliphatic rings. The van der Waals surface area contributed by atoms with Crippen molar-refractivity contribution in [1.82, 2.24) is 5.43 Å². The second-order valence-electron chi connectivity index (χ2n) is 3.92. The lowest BCUT2D eigenvalue weighted by Gasteiger charge is -2.01. The molecular formula is C14H10BrClN2O2. The number of carbonyl (C=O) groups excluding carboxylic acids is 1. The Morgan fingerprint density at radius 2 is 1.95 bits per heavy atom. The predicted molar refractivity (Wildman–Crippen MR) is 82.3 cm³/mol. The predicted octanol–water partition coefficient (Wildman–Crippen LogP) is 3.57. The minimum atomic E-state index is -0.403. The molecule has 0 saturated carbocycles. The van der Waals surface area contributed by atoms with Gasteiger partial charge in [-0.1, -0.05) is 39.7 Å². The second-order valence-corrected chi connectivity index (χ2v) is 5.24. The van der Waals surface area contributed by atoms with Crippen molar-refractivity contribution < 1.29 is 9.90 Å². The highest BCUT2D eigenvalue weighted by molar-refractivity contribution is 9.10. The molecule has 0 spiro atoms. The molecule has 0 radical (unpaired) electrons. The third-order valence-corrected chi connectivity index (χ3v) is 3.29. The van der Waals surface area contributed by atoms with Crippen molar-refractivity contribution in [3.8, 4) is 5.75 Å². The van der Waals surface area contributed by atoms with Gasteiger partial charge in [-0.05, 0) is 35.9 Å². The molecule has 1 amide bonds. The van der Waals surface area contributed by atoms with Crippen LogP contribution in [0.1, 0.15) is 15.9 Å². The number of phenols is 1. The van der Waals surface area contributed by atoms with E-state index >= 15 is 0 Å². The SMILES string of the molecule is O=C(N/N=C/c1ccc(Br)cc1)c1ccc(O)c(Cl)c1. The van der Waals surface area contributed by atoms with Crippen molar-refractivity contribution in [2.45, 2.75) is 0 Å². The third kappa shape index (κ3) is 3.82. The van der Waals surface area contributed by atoms with Gasteiger partial charge in [0.2, 0.25) is 0 Å². The van der Waals surface area contributed by atoms with Gasteiger partial charge in [0.15, 0.2) is 0 Å². The number of benzene rings is 2. The summed E-state index contributed by atoms with van der Waals surface area (Å²) in [5.74, 6) is -0.471. The summed E-state index contributed by atoms with van der Waals surface area (Å²) in [7, 11) is 0. The van der Waals surface area contributed by atoms with Gasteiger partial charge in [-0.3, -0.25) is 4.79 Å². The van der Waals surface area contributed by atoms with Gasteiger partial charge < -0.3 is 5.11 Å². The fraction of sp³-hybridized carbons (Fsp3) is 0. The summed E-state index contributed by atoms with van der Waals surface area (Å²) in [5.41, 5.74) is 3.57. The van der Waals surface area contributed by atoms with E-state index in [2.05, 4.69) is 26.5 Å². The van der Waals surface area contributed by atoms with Gasteiger partial charge in [0.1, 0.15) is 5.75 Å². The quantitative estimate of drug-likeness (QED) is 0.654. The lowest BCUT2D eigenvalue weighted by atomic mass is 10.2. The van der Waals surface area contributed by atoms with E-state index in [-0.39, 0.29) is 10.8 Å². The molecule has 6 heteroatoms. The fourth-order valence-corrected chi connectivity index (χ4v) is 1.87. The Morgan fingerprint density at radius 1 is 1.25 bits per heavy atom. The monoisotopic (exact) mass is 352 g/mol. The summed E-state index contributed by atoms with van der Waals surface area (Å²) in [6, 6.07) is 11.7. The number of nitrogens with zero attached hydrogens (tertiary/aromatic N) is 1. The fourth-order valence-electron chi connectivity index (χ4n) is 1.43. The van der Waals surface area contributed by atoms with E-state index < -0.39 is 5.91 Å². The number of hydrogen-bond acceptors (Lipinski definition) is 3. The number of nitrogens with one attached hydrogen (secondary N) is 1. The first-order valence-electron chi connectivity index (χ1n) is 5.64. The van der Waals surface area contributed by atoms with Crippen LogP contribution in [0.15, 0.2) is 52.0 Å². The first-order chi connectivity index (χ1) is 9.56. The van der Waals surface area contributed by atoms with Crippen molar-refractivity contribution >= 4 is 39.7 Å². The summed E-state index contributed by atoms with van der Waals surface area (Å²) < 4.78 is 0.970. The lowest BCUT2D eigenvalue weighted by Crippen LogP contribution is -2.17. The summed E-state index contributed by atoms with van der Waals surface area (Å²) in [6.07, 6.45) is 1.53. The number of halogens is 2. The normalized spacial score (nSPS) is 10.7. The zero-order valence-corrected chi connectivity index (χ0v) is 12.5. The first-order valence-corrected chi connectivity index (χ1v) is 6.81. The average Bonchev–Trinajstić information content (AvgIpc) is 2.44. The highest BCUT2D eigenvalue weighted by Crippen LogP contribution is 2.23. The van der Waals surface area contributed by atoms with Crippen LogP contribution >= 0.6 is 27.5 Å². The van der Waals surface area contributed by atoms with Crippen LogP contribution in [-0.4, -0.2) is 17.2 Å². The van der Waals surface area contributed by atoms with E-state index in [1.165, 1.54) is 24.4 Å². The summed E-state index contributed by atoms with van der Waals surface area (Å²) >= 11 is 9.06. The van der Waals surface area contributed by atoms with Gasteiger partial charge in [-0.25, -0.2) is 5.43 Å². The second kappa shape index (κ2) is 6.54. The van der Waals surface area contributed by atoms with Crippen LogP contribution in [0.4, 0.5) is 0 Å². The van der Waals surface area contributed by atoms with Crippen LogP contribution in [0.3, 0.4) is 0 Å². The maximum absolute atomic E-state index is 11.8. The summed E-state index contributed by atoms with van der Waals surface area (Å²) in [6.45, 7) is 0. The van der Waals surface area contributed by atoms with Crippen molar-refractivity contribution in [2.24, 2.45) is 5.10 Å². The minimum absolute atomic E-state index is 0.0680. The smallest absolute Gasteiger partial charge is 0.271 e. The molecule has 2 rings (SSSR count). The first kappa shape index (κ1) is 14.6. The molecule has 0 unspecified atom stereocenters. The molecule has 0 heterocycles. The zero-order chi connectivity index (χ0) is 14.5. The molecule has 2 aromatic rings. The Labute approximate surface area is 129 Å². The molecular weight excluding hydrogens is 344 g/mol. The molecule has 0 bridgehead atoms. The molecule has 0 aliphatic heterocycles. The van der Waals surface area contributed by atoms with Crippen molar-refractivity contribution in [1.29, 1.82) is 0 Å². The highest BCUT2D eigenvalue weighted by Gasteiger charge is 2.07. The van der Waals surface area contributed by atoms with Crippen LogP contribution < -0.4 is 5.43 Å². The Kier molecular flexibility index (Phi) is 4.76. The number of aromatic hydroxyl groups is 1. The molecule has 2 N–H and O–H groups in total.